The average Bonchev–Trinajstić information content (AvgIpc) is 2.73. The molecule has 2 aromatic rings. The van der Waals surface area contributed by atoms with Gasteiger partial charge in [0.25, 0.3) is 10.0 Å². The van der Waals surface area contributed by atoms with Crippen molar-refractivity contribution in [3.05, 3.63) is 59.1 Å². The molecule has 0 spiro atoms. The third kappa shape index (κ3) is 4.71. The summed E-state index contributed by atoms with van der Waals surface area (Å²) < 4.78 is 27.8. The molecule has 1 fully saturated rings. The van der Waals surface area contributed by atoms with E-state index in [0.29, 0.717) is 42.5 Å². The number of halogens is 1. The summed E-state index contributed by atoms with van der Waals surface area (Å²) >= 11 is 6.03. The van der Waals surface area contributed by atoms with Crippen LogP contribution in [0.25, 0.3) is 0 Å². The Morgan fingerprint density at radius 2 is 1.76 bits per heavy atom. The van der Waals surface area contributed by atoms with E-state index in [2.05, 4.69) is 0 Å². The van der Waals surface area contributed by atoms with Crippen LogP contribution in [0.5, 0.6) is 0 Å². The molecule has 0 atom stereocenters. The van der Waals surface area contributed by atoms with Gasteiger partial charge in [-0.1, -0.05) is 29.8 Å². The van der Waals surface area contributed by atoms with Gasteiger partial charge < -0.3 is 9.80 Å². The van der Waals surface area contributed by atoms with E-state index in [0.717, 1.165) is 10.7 Å². The predicted octanol–water partition coefficient (Wildman–Crippen LogP) is 2.14. The van der Waals surface area contributed by atoms with Gasteiger partial charge in [0.05, 0.1) is 10.6 Å². The Balaban J connectivity index is 1.93. The van der Waals surface area contributed by atoms with E-state index < -0.39 is 10.0 Å². The van der Waals surface area contributed by atoms with Crippen LogP contribution < -0.4 is 4.31 Å². The maximum Gasteiger partial charge on any atom is 0.264 e. The summed E-state index contributed by atoms with van der Waals surface area (Å²) in [5.74, 6) is -0.315. The molecule has 0 unspecified atom stereocenters. The van der Waals surface area contributed by atoms with E-state index in [9.17, 15) is 18.0 Å². The molecule has 0 aromatic heterocycles. The summed E-state index contributed by atoms with van der Waals surface area (Å²) in [7, 11) is -3.96. The van der Waals surface area contributed by atoms with Crippen molar-refractivity contribution in [1.82, 2.24) is 9.80 Å². The Bertz CT molecular complexity index is 990. The first-order valence-corrected chi connectivity index (χ1v) is 11.0. The Morgan fingerprint density at radius 1 is 1.10 bits per heavy atom. The monoisotopic (exact) mass is 435 g/mol. The molecule has 0 aliphatic carbocycles. The zero-order valence-electron chi connectivity index (χ0n) is 16.0. The van der Waals surface area contributed by atoms with Crippen molar-refractivity contribution >= 4 is 39.6 Å². The second kappa shape index (κ2) is 8.84. The lowest BCUT2D eigenvalue weighted by atomic mass is 10.2. The van der Waals surface area contributed by atoms with Gasteiger partial charge >= 0.3 is 0 Å². The third-order valence-corrected chi connectivity index (χ3v) is 6.86. The van der Waals surface area contributed by atoms with Crippen LogP contribution in [0.4, 0.5) is 5.69 Å². The van der Waals surface area contributed by atoms with Crippen molar-refractivity contribution in [2.24, 2.45) is 0 Å². The lowest BCUT2D eigenvalue weighted by Crippen LogP contribution is -2.51. The molecular weight excluding hydrogens is 414 g/mol. The van der Waals surface area contributed by atoms with E-state index in [4.69, 9.17) is 11.6 Å². The van der Waals surface area contributed by atoms with Crippen LogP contribution in [0, 0.1) is 6.92 Å². The van der Waals surface area contributed by atoms with Crippen molar-refractivity contribution < 1.29 is 18.0 Å². The van der Waals surface area contributed by atoms with Crippen molar-refractivity contribution in [1.29, 1.82) is 0 Å². The Hall–Kier alpha value is -2.58. The SMILES string of the molecule is Cc1cc(Cl)ccc1N(CC(=O)N1CCN(C=O)CC1)S(=O)(=O)c1ccccc1. The first-order valence-electron chi connectivity index (χ1n) is 9.14. The summed E-state index contributed by atoms with van der Waals surface area (Å²) in [5.41, 5.74) is 1.05. The highest BCUT2D eigenvalue weighted by molar-refractivity contribution is 7.92. The quantitative estimate of drug-likeness (QED) is 0.651. The second-order valence-electron chi connectivity index (χ2n) is 6.78. The minimum absolute atomic E-state index is 0.105. The normalized spacial score (nSPS) is 14.6. The zero-order valence-corrected chi connectivity index (χ0v) is 17.6. The zero-order chi connectivity index (χ0) is 21.0. The molecule has 0 saturated carbocycles. The lowest BCUT2D eigenvalue weighted by molar-refractivity contribution is -0.133. The van der Waals surface area contributed by atoms with E-state index in [1.54, 1.807) is 53.1 Å². The van der Waals surface area contributed by atoms with Crippen LogP contribution in [0.15, 0.2) is 53.4 Å². The summed E-state index contributed by atoms with van der Waals surface area (Å²) in [6.07, 6.45) is 0.755. The van der Waals surface area contributed by atoms with E-state index in [1.807, 2.05) is 0 Å². The minimum Gasteiger partial charge on any atom is -0.342 e. The molecule has 9 heteroatoms. The number of aryl methyl sites for hydroxylation is 1. The van der Waals surface area contributed by atoms with Gasteiger partial charge in [0, 0.05) is 31.2 Å². The Labute approximate surface area is 175 Å². The van der Waals surface area contributed by atoms with Gasteiger partial charge in [-0.2, -0.15) is 0 Å². The van der Waals surface area contributed by atoms with Crippen LogP contribution in [0.1, 0.15) is 5.56 Å². The lowest BCUT2D eigenvalue weighted by Gasteiger charge is -2.34. The third-order valence-electron chi connectivity index (χ3n) is 4.85. The maximum atomic E-state index is 13.4. The molecule has 1 saturated heterocycles. The van der Waals surface area contributed by atoms with Gasteiger partial charge in [-0.15, -0.1) is 0 Å². The minimum atomic E-state index is -3.96. The maximum absolute atomic E-state index is 13.4. The molecule has 3 rings (SSSR count). The van der Waals surface area contributed by atoms with Crippen LogP contribution >= 0.6 is 11.6 Å². The molecular formula is C20H22ClN3O4S. The molecule has 2 aromatic carbocycles. The van der Waals surface area contributed by atoms with Gasteiger partial charge in [-0.3, -0.25) is 13.9 Å². The predicted molar refractivity (Wildman–Crippen MR) is 111 cm³/mol. The number of amides is 2. The number of carbonyl (C=O) groups is 2. The summed E-state index contributed by atoms with van der Waals surface area (Å²) in [6, 6.07) is 12.9. The summed E-state index contributed by atoms with van der Waals surface area (Å²) in [4.78, 5) is 27.1. The molecule has 7 nitrogen and oxygen atoms in total. The highest BCUT2D eigenvalue weighted by Crippen LogP contribution is 2.29. The van der Waals surface area contributed by atoms with Crippen LogP contribution in [0.3, 0.4) is 0 Å². The number of sulfonamides is 1. The molecule has 1 heterocycles. The Morgan fingerprint density at radius 3 is 2.34 bits per heavy atom. The smallest absolute Gasteiger partial charge is 0.264 e. The van der Waals surface area contributed by atoms with E-state index in [1.165, 1.54) is 12.1 Å². The summed E-state index contributed by atoms with van der Waals surface area (Å²) in [5, 5.41) is 0.486. The molecule has 0 N–H and O–H groups in total. The number of nitrogens with zero attached hydrogens (tertiary/aromatic N) is 3. The molecule has 1 aliphatic rings. The van der Waals surface area contributed by atoms with Crippen molar-refractivity contribution in [2.75, 3.05) is 37.0 Å². The summed E-state index contributed by atoms with van der Waals surface area (Å²) in [6.45, 7) is 3.02. The Kier molecular flexibility index (Phi) is 6.44. The van der Waals surface area contributed by atoms with Gasteiger partial charge in [0.2, 0.25) is 12.3 Å². The van der Waals surface area contributed by atoms with Crippen LogP contribution in [0.2, 0.25) is 5.02 Å². The van der Waals surface area contributed by atoms with Gasteiger partial charge in [-0.05, 0) is 42.8 Å². The molecule has 0 bridgehead atoms. The highest BCUT2D eigenvalue weighted by Gasteiger charge is 2.30. The fourth-order valence-electron chi connectivity index (χ4n) is 3.22. The molecule has 1 aliphatic heterocycles. The molecule has 2 amide bonds. The van der Waals surface area contributed by atoms with Crippen LogP contribution in [-0.4, -0.2) is 63.3 Å². The highest BCUT2D eigenvalue weighted by atomic mass is 35.5. The van der Waals surface area contributed by atoms with E-state index >= 15 is 0 Å². The molecule has 154 valence electrons. The fraction of sp³-hybridized carbons (Fsp3) is 0.300. The van der Waals surface area contributed by atoms with Gasteiger partial charge in [0.1, 0.15) is 6.54 Å². The topological polar surface area (TPSA) is 78.0 Å². The molecule has 0 radical (unpaired) electrons. The average molecular weight is 436 g/mol. The fourth-order valence-corrected chi connectivity index (χ4v) is 4.94. The van der Waals surface area contributed by atoms with Gasteiger partial charge in [0.15, 0.2) is 0 Å². The van der Waals surface area contributed by atoms with Crippen molar-refractivity contribution in [3.8, 4) is 0 Å². The number of anilines is 1. The van der Waals surface area contributed by atoms with Crippen molar-refractivity contribution in [3.63, 3.8) is 0 Å². The second-order valence-corrected chi connectivity index (χ2v) is 9.08. The van der Waals surface area contributed by atoms with Crippen molar-refractivity contribution in [2.45, 2.75) is 11.8 Å². The van der Waals surface area contributed by atoms with Crippen LogP contribution in [-0.2, 0) is 19.6 Å². The number of benzene rings is 2. The number of piperazine rings is 1. The standard InChI is InChI=1S/C20H22ClN3O4S/c1-16-13-17(21)7-8-19(16)24(29(27,28)18-5-3-2-4-6-18)14-20(26)23-11-9-22(15-25)10-12-23/h2-8,13,15H,9-12,14H2,1H3. The number of hydrogen-bond acceptors (Lipinski definition) is 4. The largest absolute Gasteiger partial charge is 0.342 e. The molecule has 29 heavy (non-hydrogen) atoms. The first kappa shape index (κ1) is 21.1. The van der Waals surface area contributed by atoms with E-state index in [-0.39, 0.29) is 17.3 Å². The number of hydrogen-bond donors (Lipinski definition) is 0. The van der Waals surface area contributed by atoms with Gasteiger partial charge in [-0.25, -0.2) is 8.42 Å². The number of rotatable bonds is 6. The number of carbonyl (C=O) groups excluding carboxylic acids is 2. The first-order chi connectivity index (χ1) is 13.8.